The van der Waals surface area contributed by atoms with Gasteiger partial charge in [-0.3, -0.25) is 0 Å². The molecule has 1 unspecified atom stereocenters. The van der Waals surface area contributed by atoms with Crippen molar-refractivity contribution in [2.24, 2.45) is 5.16 Å². The van der Waals surface area contributed by atoms with Gasteiger partial charge in [0, 0.05) is 6.07 Å². The molecule has 1 aliphatic carbocycles. The summed E-state index contributed by atoms with van der Waals surface area (Å²) in [5, 5.41) is 30.6. The molecule has 0 radical (unpaired) electrons. The molecule has 0 heterocycles. The van der Waals surface area contributed by atoms with Gasteiger partial charge in [-0.15, -0.1) is 0 Å². The Kier molecular flexibility index (Phi) is 2.49. The van der Waals surface area contributed by atoms with Crippen LogP contribution in [-0.2, 0) is 0 Å². The Balaban J connectivity index is 2.24. The third kappa shape index (κ3) is 1.88. The number of aromatic hydroxyl groups is 2. The van der Waals surface area contributed by atoms with E-state index in [2.05, 4.69) is 5.16 Å². The van der Waals surface area contributed by atoms with Crippen LogP contribution in [0.15, 0.2) is 23.4 Å². The van der Waals surface area contributed by atoms with E-state index in [0.717, 1.165) is 24.1 Å². The monoisotopic (exact) mass is 207 g/mol. The number of phenolic OH excluding ortho intramolecular Hbond substituents is 2. The van der Waals surface area contributed by atoms with Gasteiger partial charge in [0.2, 0.25) is 0 Å². The molecule has 0 saturated heterocycles. The molecule has 1 fully saturated rings. The molecule has 15 heavy (non-hydrogen) atoms. The third-order valence-electron chi connectivity index (χ3n) is 2.86. The van der Waals surface area contributed by atoms with Crippen LogP contribution < -0.4 is 0 Å². The number of oxime groups is 1. The molecule has 1 aromatic rings. The molecule has 1 saturated carbocycles. The number of nitrogens with zero attached hydrogens (tertiary/aromatic N) is 1. The number of hydrogen-bond donors (Lipinski definition) is 3. The molecule has 4 nitrogen and oxygen atoms in total. The molecule has 1 aliphatic rings. The average molecular weight is 207 g/mol. The van der Waals surface area contributed by atoms with Crippen molar-refractivity contribution >= 4 is 5.71 Å². The highest BCUT2D eigenvalue weighted by Crippen LogP contribution is 2.38. The van der Waals surface area contributed by atoms with Gasteiger partial charge in [0.25, 0.3) is 0 Å². The lowest BCUT2D eigenvalue weighted by Gasteiger charge is -2.10. The van der Waals surface area contributed by atoms with Gasteiger partial charge >= 0.3 is 0 Å². The first-order valence-electron chi connectivity index (χ1n) is 4.92. The van der Waals surface area contributed by atoms with Crippen LogP contribution in [0.25, 0.3) is 0 Å². The van der Waals surface area contributed by atoms with E-state index in [1.807, 2.05) is 0 Å². The van der Waals surface area contributed by atoms with E-state index in [1.54, 1.807) is 12.1 Å². The van der Waals surface area contributed by atoms with E-state index < -0.39 is 0 Å². The fraction of sp³-hybridized carbons (Fsp3) is 0.364. The van der Waals surface area contributed by atoms with Crippen molar-refractivity contribution in [3.63, 3.8) is 0 Å². The zero-order valence-electron chi connectivity index (χ0n) is 8.22. The zero-order chi connectivity index (χ0) is 10.8. The third-order valence-corrected chi connectivity index (χ3v) is 2.86. The maximum Gasteiger partial charge on any atom is 0.122 e. The van der Waals surface area contributed by atoms with Gasteiger partial charge in [-0.05, 0) is 36.8 Å². The molecule has 0 bridgehead atoms. The number of phenols is 2. The minimum atomic E-state index is 0.0605. The fourth-order valence-corrected chi connectivity index (χ4v) is 2.06. The smallest absolute Gasteiger partial charge is 0.122 e. The molecule has 4 heteroatoms. The molecule has 0 aromatic heterocycles. The fourth-order valence-electron chi connectivity index (χ4n) is 2.06. The predicted octanol–water partition coefficient (Wildman–Crippen LogP) is 2.20. The number of rotatable bonds is 1. The molecule has 3 N–H and O–H groups in total. The Morgan fingerprint density at radius 2 is 2.07 bits per heavy atom. The summed E-state index contributed by atoms with van der Waals surface area (Å²) in [5.41, 5.74) is 1.58. The SMILES string of the molecule is ON=C1CCC(c2ccc(O)cc2O)C1. The maximum atomic E-state index is 9.65. The highest BCUT2D eigenvalue weighted by Gasteiger charge is 2.24. The minimum absolute atomic E-state index is 0.0605. The Bertz CT molecular complexity index is 401. The minimum Gasteiger partial charge on any atom is -0.508 e. The first kappa shape index (κ1) is 9.83. The van der Waals surface area contributed by atoms with Gasteiger partial charge < -0.3 is 15.4 Å². The molecule has 2 rings (SSSR count). The van der Waals surface area contributed by atoms with E-state index in [-0.39, 0.29) is 17.4 Å². The summed E-state index contributed by atoms with van der Waals surface area (Å²) in [6, 6.07) is 4.61. The van der Waals surface area contributed by atoms with Gasteiger partial charge in [-0.25, -0.2) is 0 Å². The summed E-state index contributed by atoms with van der Waals surface area (Å²) in [6.07, 6.45) is 2.31. The van der Waals surface area contributed by atoms with Crippen LogP contribution in [0.4, 0.5) is 0 Å². The quantitative estimate of drug-likeness (QED) is 0.488. The Hall–Kier alpha value is -1.71. The predicted molar refractivity (Wildman–Crippen MR) is 55.6 cm³/mol. The van der Waals surface area contributed by atoms with E-state index in [9.17, 15) is 5.11 Å². The molecule has 1 atom stereocenters. The largest absolute Gasteiger partial charge is 0.508 e. The second kappa shape index (κ2) is 3.81. The lowest BCUT2D eigenvalue weighted by atomic mass is 9.96. The van der Waals surface area contributed by atoms with Gasteiger partial charge in [-0.2, -0.15) is 0 Å². The Labute approximate surface area is 87.5 Å². The number of hydrogen-bond acceptors (Lipinski definition) is 4. The zero-order valence-corrected chi connectivity index (χ0v) is 8.22. The molecule has 80 valence electrons. The molecule has 0 aliphatic heterocycles. The molecule has 0 spiro atoms. The van der Waals surface area contributed by atoms with E-state index >= 15 is 0 Å². The summed E-state index contributed by atoms with van der Waals surface area (Å²) in [7, 11) is 0. The lowest BCUT2D eigenvalue weighted by Crippen LogP contribution is -1.95. The van der Waals surface area contributed by atoms with Crippen molar-refractivity contribution in [2.75, 3.05) is 0 Å². The summed E-state index contributed by atoms with van der Waals surface area (Å²) in [4.78, 5) is 0. The summed E-state index contributed by atoms with van der Waals surface area (Å²) in [6.45, 7) is 0. The standard InChI is InChI=1S/C11H13NO3/c13-9-3-4-10(11(14)6-9)7-1-2-8(5-7)12-15/h3-4,6-7,13-15H,1-2,5H2. The van der Waals surface area contributed by atoms with Crippen LogP contribution in [0.1, 0.15) is 30.7 Å². The van der Waals surface area contributed by atoms with Crippen LogP contribution in [0.3, 0.4) is 0 Å². The Morgan fingerprint density at radius 1 is 1.27 bits per heavy atom. The first-order valence-corrected chi connectivity index (χ1v) is 4.92. The van der Waals surface area contributed by atoms with Crippen LogP contribution in [0.5, 0.6) is 11.5 Å². The Morgan fingerprint density at radius 3 is 2.67 bits per heavy atom. The number of benzene rings is 1. The summed E-state index contributed by atoms with van der Waals surface area (Å²) >= 11 is 0. The van der Waals surface area contributed by atoms with E-state index in [0.29, 0.717) is 6.42 Å². The van der Waals surface area contributed by atoms with Crippen molar-refractivity contribution in [2.45, 2.75) is 25.2 Å². The van der Waals surface area contributed by atoms with E-state index in [4.69, 9.17) is 10.3 Å². The van der Waals surface area contributed by atoms with Gasteiger partial charge in [0.05, 0.1) is 5.71 Å². The van der Waals surface area contributed by atoms with Gasteiger partial charge in [-0.1, -0.05) is 11.2 Å². The van der Waals surface area contributed by atoms with Crippen molar-refractivity contribution in [1.29, 1.82) is 0 Å². The molecular weight excluding hydrogens is 194 g/mol. The molecule has 0 amide bonds. The van der Waals surface area contributed by atoms with Crippen molar-refractivity contribution in [3.05, 3.63) is 23.8 Å². The summed E-state index contributed by atoms with van der Waals surface area (Å²) in [5.74, 6) is 0.362. The van der Waals surface area contributed by atoms with Crippen LogP contribution >= 0.6 is 0 Å². The van der Waals surface area contributed by atoms with Crippen LogP contribution in [0.2, 0.25) is 0 Å². The van der Waals surface area contributed by atoms with Gasteiger partial charge in [0.1, 0.15) is 11.5 Å². The van der Waals surface area contributed by atoms with Crippen molar-refractivity contribution in [3.8, 4) is 11.5 Å². The second-order valence-corrected chi connectivity index (χ2v) is 3.85. The highest BCUT2D eigenvalue weighted by atomic mass is 16.4. The maximum absolute atomic E-state index is 9.65. The normalized spacial score (nSPS) is 23.5. The van der Waals surface area contributed by atoms with Gasteiger partial charge in [0.15, 0.2) is 0 Å². The second-order valence-electron chi connectivity index (χ2n) is 3.85. The molecule has 1 aromatic carbocycles. The topological polar surface area (TPSA) is 73.1 Å². The van der Waals surface area contributed by atoms with Crippen molar-refractivity contribution < 1.29 is 15.4 Å². The lowest BCUT2D eigenvalue weighted by molar-refractivity contribution is 0.317. The average Bonchev–Trinajstić information content (AvgIpc) is 2.66. The van der Waals surface area contributed by atoms with Crippen molar-refractivity contribution in [1.82, 2.24) is 0 Å². The highest BCUT2D eigenvalue weighted by molar-refractivity contribution is 5.87. The summed E-state index contributed by atoms with van der Waals surface area (Å²) < 4.78 is 0. The first-order chi connectivity index (χ1) is 7.20. The van der Waals surface area contributed by atoms with E-state index in [1.165, 1.54) is 6.07 Å². The van der Waals surface area contributed by atoms with Crippen LogP contribution in [0, 0.1) is 0 Å². The molecular formula is C11H13NO3. The van der Waals surface area contributed by atoms with Crippen LogP contribution in [-0.4, -0.2) is 21.1 Å².